The van der Waals surface area contributed by atoms with Crippen molar-refractivity contribution in [2.45, 2.75) is 25.4 Å². The van der Waals surface area contributed by atoms with Gasteiger partial charge in [0.05, 0.1) is 0 Å². The second kappa shape index (κ2) is 6.84. The van der Waals surface area contributed by atoms with Crippen LogP contribution in [0.25, 0.3) is 10.9 Å². The van der Waals surface area contributed by atoms with Gasteiger partial charge in [-0.3, -0.25) is 9.59 Å². The Kier molecular flexibility index (Phi) is 4.27. The van der Waals surface area contributed by atoms with Crippen LogP contribution in [0.15, 0.2) is 53.5 Å². The number of hydrogen-bond donors (Lipinski definition) is 2. The topological polar surface area (TPSA) is 95.0 Å². The van der Waals surface area contributed by atoms with Crippen molar-refractivity contribution in [2.75, 3.05) is 13.1 Å². The monoisotopic (exact) mass is 394 g/mol. The number of nitrogens with zero attached hydrogens (tertiary/aromatic N) is 3. The van der Waals surface area contributed by atoms with E-state index in [9.17, 15) is 20.0 Å². The van der Waals surface area contributed by atoms with Gasteiger partial charge in [0.2, 0.25) is 11.6 Å². The molecule has 5 rings (SSSR count). The zero-order chi connectivity index (χ0) is 20.1. The summed E-state index contributed by atoms with van der Waals surface area (Å²) in [5.74, 6) is 0.288. The molecule has 4 heterocycles. The van der Waals surface area contributed by atoms with Crippen LogP contribution in [0.2, 0.25) is 0 Å². The summed E-state index contributed by atoms with van der Waals surface area (Å²) in [5, 5.41) is 20.4. The Morgan fingerprint density at radius 3 is 2.79 bits per heavy atom. The summed E-state index contributed by atoms with van der Waals surface area (Å²) in [5.41, 5.74) is 1.24. The third-order valence-corrected chi connectivity index (χ3v) is 6.17. The van der Waals surface area contributed by atoms with Crippen molar-refractivity contribution < 1.29 is 15.2 Å². The highest BCUT2D eigenvalue weighted by atomic mass is 16.8. The average Bonchev–Trinajstić information content (AvgIpc) is 3.11. The second-order valence-electron chi connectivity index (χ2n) is 7.99. The van der Waals surface area contributed by atoms with Crippen molar-refractivity contribution in [3.05, 3.63) is 69.9 Å². The molecule has 150 valence electrons. The molecule has 2 aliphatic rings. The van der Waals surface area contributed by atoms with E-state index in [2.05, 4.69) is 0 Å². The number of nitrogens with one attached hydrogen (secondary N) is 1. The predicted molar refractivity (Wildman–Crippen MR) is 106 cm³/mol. The van der Waals surface area contributed by atoms with Crippen LogP contribution in [-0.4, -0.2) is 38.2 Å². The minimum Gasteiger partial charge on any atom is -0.595 e. The van der Waals surface area contributed by atoms with E-state index in [0.717, 1.165) is 23.0 Å². The molecule has 8 heteroatoms. The molecule has 1 saturated heterocycles. The number of benzene rings is 1. The van der Waals surface area contributed by atoms with E-state index >= 15 is 0 Å². The molecular weight excluding hydrogens is 372 g/mol. The lowest BCUT2D eigenvalue weighted by molar-refractivity contribution is -0.992. The number of carbonyl (C=O) groups is 1. The summed E-state index contributed by atoms with van der Waals surface area (Å²) in [7, 11) is 0. The Balaban J connectivity index is 1.38. The SMILES string of the molecule is O=C(Cn1ccc2ccccc21)N1CC2CC(C1)c1ccc([NH+]([O-])O)c(=O)n1C2. The smallest absolute Gasteiger partial charge is 0.315 e. The van der Waals surface area contributed by atoms with E-state index < -0.39 is 10.8 Å². The van der Waals surface area contributed by atoms with Gasteiger partial charge in [-0.05, 0) is 35.9 Å². The van der Waals surface area contributed by atoms with Gasteiger partial charge in [-0.1, -0.05) is 18.2 Å². The standard InChI is InChI=1S/C21H22N4O4/c26-20(13-22-8-7-15-3-1-2-4-17(15)22)23-10-14-9-16(12-23)18-5-6-19(25(28)29)21(27)24(18)11-14/h1-8,14,16,25,28H,9-13H2. The van der Waals surface area contributed by atoms with Gasteiger partial charge in [0.15, 0.2) is 0 Å². The van der Waals surface area contributed by atoms with Gasteiger partial charge in [-0.2, -0.15) is 5.23 Å². The molecule has 2 aromatic heterocycles. The van der Waals surface area contributed by atoms with Crippen LogP contribution in [0, 0.1) is 11.1 Å². The quantitative estimate of drug-likeness (QED) is 0.644. The Morgan fingerprint density at radius 2 is 1.97 bits per heavy atom. The largest absolute Gasteiger partial charge is 0.595 e. The second-order valence-corrected chi connectivity index (χ2v) is 7.99. The number of likely N-dealkylation sites (tertiary alicyclic amines) is 1. The van der Waals surface area contributed by atoms with Crippen molar-refractivity contribution in [1.82, 2.24) is 14.0 Å². The molecule has 2 aliphatic heterocycles. The van der Waals surface area contributed by atoms with Crippen LogP contribution in [0.1, 0.15) is 18.0 Å². The molecule has 3 aromatic rings. The van der Waals surface area contributed by atoms with Crippen LogP contribution in [-0.2, 0) is 17.9 Å². The van der Waals surface area contributed by atoms with E-state index in [0.29, 0.717) is 19.6 Å². The Morgan fingerprint density at radius 1 is 1.14 bits per heavy atom. The van der Waals surface area contributed by atoms with Gasteiger partial charge in [0.1, 0.15) is 6.54 Å². The number of quaternary nitrogens is 1. The van der Waals surface area contributed by atoms with E-state index in [1.54, 1.807) is 10.6 Å². The number of pyridine rings is 1. The van der Waals surface area contributed by atoms with Crippen LogP contribution < -0.4 is 10.8 Å². The molecule has 1 amide bonds. The van der Waals surface area contributed by atoms with Gasteiger partial charge in [0.25, 0.3) is 0 Å². The Hall–Kier alpha value is -2.94. The number of rotatable bonds is 3. The summed E-state index contributed by atoms with van der Waals surface area (Å²) in [6.45, 7) is 1.90. The summed E-state index contributed by atoms with van der Waals surface area (Å²) in [6, 6.07) is 13.1. The summed E-state index contributed by atoms with van der Waals surface area (Å²) in [4.78, 5) is 27.5. The molecule has 3 atom stereocenters. The zero-order valence-corrected chi connectivity index (χ0v) is 15.8. The molecule has 2 N–H and O–H groups in total. The maximum absolute atomic E-state index is 13.0. The minimum absolute atomic E-state index is 0.0587. The molecular formula is C21H22N4O4. The minimum atomic E-state index is -1.20. The first-order valence-corrected chi connectivity index (χ1v) is 9.80. The number of amides is 1. The molecule has 0 saturated carbocycles. The van der Waals surface area contributed by atoms with Crippen molar-refractivity contribution >= 4 is 22.5 Å². The fourth-order valence-corrected chi connectivity index (χ4v) is 4.84. The summed E-state index contributed by atoms with van der Waals surface area (Å²) >= 11 is 0. The number of aromatic nitrogens is 2. The number of fused-ring (bicyclic) bond motifs is 5. The average molecular weight is 394 g/mol. The summed E-state index contributed by atoms with van der Waals surface area (Å²) < 4.78 is 3.57. The normalized spacial score (nSPS) is 21.8. The third-order valence-electron chi connectivity index (χ3n) is 6.17. The highest BCUT2D eigenvalue weighted by Crippen LogP contribution is 2.35. The Bertz CT molecular complexity index is 1150. The molecule has 1 fully saturated rings. The van der Waals surface area contributed by atoms with Crippen molar-refractivity contribution in [3.8, 4) is 0 Å². The van der Waals surface area contributed by atoms with Gasteiger partial charge >= 0.3 is 5.56 Å². The van der Waals surface area contributed by atoms with Gasteiger partial charge < -0.3 is 19.2 Å². The lowest BCUT2D eigenvalue weighted by atomic mass is 9.83. The molecule has 2 bridgehead atoms. The molecule has 29 heavy (non-hydrogen) atoms. The fraction of sp³-hybridized carbons (Fsp3) is 0.333. The maximum Gasteiger partial charge on any atom is 0.315 e. The van der Waals surface area contributed by atoms with Gasteiger partial charge in [-0.15, -0.1) is 0 Å². The predicted octanol–water partition coefficient (Wildman–Crippen LogP) is 0.852. The third kappa shape index (κ3) is 3.05. The molecule has 3 unspecified atom stereocenters. The number of hydrogen-bond acceptors (Lipinski definition) is 4. The maximum atomic E-state index is 13.0. The van der Waals surface area contributed by atoms with Crippen molar-refractivity contribution in [1.29, 1.82) is 0 Å². The molecule has 0 aliphatic carbocycles. The highest BCUT2D eigenvalue weighted by Gasteiger charge is 2.37. The van der Waals surface area contributed by atoms with Crippen molar-refractivity contribution in [2.24, 2.45) is 5.92 Å². The lowest BCUT2D eigenvalue weighted by Crippen LogP contribution is -3.00. The number of para-hydroxylation sites is 1. The van der Waals surface area contributed by atoms with E-state index in [4.69, 9.17) is 0 Å². The van der Waals surface area contributed by atoms with Crippen LogP contribution in [0.4, 0.5) is 5.69 Å². The van der Waals surface area contributed by atoms with E-state index in [-0.39, 0.29) is 30.0 Å². The first kappa shape index (κ1) is 18.1. The van der Waals surface area contributed by atoms with Gasteiger partial charge in [0, 0.05) is 49.0 Å². The van der Waals surface area contributed by atoms with Gasteiger partial charge in [-0.25, -0.2) is 5.21 Å². The summed E-state index contributed by atoms with van der Waals surface area (Å²) in [6.07, 6.45) is 2.86. The highest BCUT2D eigenvalue weighted by molar-refractivity contribution is 5.83. The van der Waals surface area contributed by atoms with Crippen molar-refractivity contribution in [3.63, 3.8) is 0 Å². The molecule has 1 aromatic carbocycles. The molecule has 0 spiro atoms. The van der Waals surface area contributed by atoms with Crippen LogP contribution in [0.3, 0.4) is 0 Å². The Labute approximate surface area is 166 Å². The van der Waals surface area contributed by atoms with Crippen LogP contribution in [0.5, 0.6) is 0 Å². The van der Waals surface area contributed by atoms with Crippen LogP contribution >= 0.6 is 0 Å². The fourth-order valence-electron chi connectivity index (χ4n) is 4.84. The molecule has 0 radical (unpaired) electrons. The first-order chi connectivity index (χ1) is 14.0. The number of piperidine rings is 1. The zero-order valence-electron chi connectivity index (χ0n) is 15.8. The number of carbonyl (C=O) groups excluding carboxylic acids is 1. The first-order valence-electron chi connectivity index (χ1n) is 9.80. The molecule has 8 nitrogen and oxygen atoms in total. The lowest BCUT2D eigenvalue weighted by Gasteiger charge is -2.43. The van der Waals surface area contributed by atoms with E-state index in [1.165, 1.54) is 6.07 Å². The van der Waals surface area contributed by atoms with E-state index in [1.807, 2.05) is 46.0 Å².